The van der Waals surface area contributed by atoms with Gasteiger partial charge in [0.05, 0.1) is 11.0 Å². The van der Waals surface area contributed by atoms with E-state index in [1.54, 1.807) is 0 Å². The highest BCUT2D eigenvalue weighted by Gasteiger charge is 2.09. The third-order valence-electron chi connectivity index (χ3n) is 2.96. The van der Waals surface area contributed by atoms with Gasteiger partial charge in [-0.3, -0.25) is 4.57 Å². The van der Waals surface area contributed by atoms with Gasteiger partial charge in [0.1, 0.15) is 5.82 Å². The molecule has 2 heteroatoms. The van der Waals surface area contributed by atoms with Gasteiger partial charge < -0.3 is 0 Å². The van der Waals surface area contributed by atoms with Gasteiger partial charge in [-0.25, -0.2) is 4.98 Å². The molecule has 0 aliphatic carbocycles. The SMILES string of the molecule is CCc1nc2ccccc2n1-c1ccccc1. The predicted octanol–water partition coefficient (Wildman–Crippen LogP) is 3.59. The number of fused-ring (bicyclic) bond motifs is 1. The van der Waals surface area contributed by atoms with Gasteiger partial charge >= 0.3 is 0 Å². The highest BCUT2D eigenvalue weighted by molar-refractivity contribution is 5.78. The van der Waals surface area contributed by atoms with E-state index in [2.05, 4.69) is 58.9 Å². The topological polar surface area (TPSA) is 17.8 Å². The summed E-state index contributed by atoms with van der Waals surface area (Å²) in [6.45, 7) is 2.14. The molecule has 0 atom stereocenters. The molecule has 0 N–H and O–H groups in total. The zero-order valence-electron chi connectivity index (χ0n) is 9.80. The Labute approximate surface area is 101 Å². The second kappa shape index (κ2) is 4.06. The molecule has 0 bridgehead atoms. The van der Waals surface area contributed by atoms with E-state index in [-0.39, 0.29) is 0 Å². The van der Waals surface area contributed by atoms with Gasteiger partial charge in [0.2, 0.25) is 0 Å². The Morgan fingerprint density at radius 2 is 1.65 bits per heavy atom. The lowest BCUT2D eigenvalue weighted by atomic mass is 10.2. The molecule has 84 valence electrons. The molecule has 0 radical (unpaired) electrons. The minimum Gasteiger partial charge on any atom is -0.296 e. The van der Waals surface area contributed by atoms with Crippen molar-refractivity contribution in [3.8, 4) is 5.69 Å². The van der Waals surface area contributed by atoms with E-state index in [0.717, 1.165) is 17.8 Å². The summed E-state index contributed by atoms with van der Waals surface area (Å²) in [5.41, 5.74) is 3.42. The lowest BCUT2D eigenvalue weighted by molar-refractivity contribution is 0.908. The summed E-state index contributed by atoms with van der Waals surface area (Å²) >= 11 is 0. The van der Waals surface area contributed by atoms with E-state index in [0.29, 0.717) is 0 Å². The molecule has 17 heavy (non-hydrogen) atoms. The lowest BCUT2D eigenvalue weighted by Gasteiger charge is -2.07. The van der Waals surface area contributed by atoms with Crippen LogP contribution in [0.15, 0.2) is 54.6 Å². The summed E-state index contributed by atoms with van der Waals surface area (Å²) in [7, 11) is 0. The van der Waals surface area contributed by atoms with Crippen LogP contribution in [0.3, 0.4) is 0 Å². The first kappa shape index (κ1) is 10.1. The Kier molecular flexibility index (Phi) is 2.41. The normalized spacial score (nSPS) is 10.9. The van der Waals surface area contributed by atoms with Crippen molar-refractivity contribution in [2.75, 3.05) is 0 Å². The van der Waals surface area contributed by atoms with Crippen LogP contribution in [0.4, 0.5) is 0 Å². The van der Waals surface area contributed by atoms with E-state index in [1.807, 2.05) is 12.1 Å². The molecule has 2 aromatic carbocycles. The molecule has 3 rings (SSSR count). The van der Waals surface area contributed by atoms with Gasteiger partial charge in [0.15, 0.2) is 0 Å². The average molecular weight is 222 g/mol. The molecule has 0 saturated carbocycles. The second-order valence-corrected chi connectivity index (χ2v) is 4.04. The van der Waals surface area contributed by atoms with Crippen molar-refractivity contribution in [2.24, 2.45) is 0 Å². The monoisotopic (exact) mass is 222 g/mol. The smallest absolute Gasteiger partial charge is 0.114 e. The summed E-state index contributed by atoms with van der Waals surface area (Å²) in [5.74, 6) is 1.11. The van der Waals surface area contributed by atoms with Crippen LogP contribution in [-0.4, -0.2) is 9.55 Å². The Balaban J connectivity index is 2.34. The molecule has 0 fully saturated rings. The van der Waals surface area contributed by atoms with Crippen LogP contribution in [-0.2, 0) is 6.42 Å². The summed E-state index contributed by atoms with van der Waals surface area (Å²) in [4.78, 5) is 4.67. The van der Waals surface area contributed by atoms with Crippen molar-refractivity contribution < 1.29 is 0 Å². The quantitative estimate of drug-likeness (QED) is 0.648. The molecule has 0 aliphatic heterocycles. The summed E-state index contributed by atoms with van der Waals surface area (Å²) in [6.07, 6.45) is 0.934. The minimum atomic E-state index is 0.934. The molecule has 2 nitrogen and oxygen atoms in total. The van der Waals surface area contributed by atoms with Crippen LogP contribution in [0.5, 0.6) is 0 Å². The fourth-order valence-electron chi connectivity index (χ4n) is 2.18. The first-order valence-electron chi connectivity index (χ1n) is 5.92. The van der Waals surface area contributed by atoms with E-state index < -0.39 is 0 Å². The fourth-order valence-corrected chi connectivity index (χ4v) is 2.18. The van der Waals surface area contributed by atoms with Crippen molar-refractivity contribution in [1.29, 1.82) is 0 Å². The van der Waals surface area contributed by atoms with Crippen molar-refractivity contribution in [1.82, 2.24) is 9.55 Å². The number of nitrogens with zero attached hydrogens (tertiary/aromatic N) is 2. The van der Waals surface area contributed by atoms with Gasteiger partial charge in [0.25, 0.3) is 0 Å². The highest BCUT2D eigenvalue weighted by Crippen LogP contribution is 2.21. The van der Waals surface area contributed by atoms with Gasteiger partial charge in [-0.2, -0.15) is 0 Å². The number of hydrogen-bond donors (Lipinski definition) is 0. The molecule has 3 aromatic rings. The van der Waals surface area contributed by atoms with Gasteiger partial charge in [0, 0.05) is 12.1 Å². The van der Waals surface area contributed by atoms with Crippen LogP contribution in [0.1, 0.15) is 12.7 Å². The van der Waals surface area contributed by atoms with E-state index in [9.17, 15) is 0 Å². The predicted molar refractivity (Wildman–Crippen MR) is 70.4 cm³/mol. The molecule has 1 heterocycles. The zero-order valence-corrected chi connectivity index (χ0v) is 9.80. The van der Waals surface area contributed by atoms with Crippen molar-refractivity contribution in [2.45, 2.75) is 13.3 Å². The van der Waals surface area contributed by atoms with E-state index in [4.69, 9.17) is 0 Å². The Morgan fingerprint density at radius 1 is 0.941 bits per heavy atom. The van der Waals surface area contributed by atoms with Crippen LogP contribution >= 0.6 is 0 Å². The molecule has 0 saturated heterocycles. The Morgan fingerprint density at radius 3 is 2.41 bits per heavy atom. The number of benzene rings is 2. The van der Waals surface area contributed by atoms with Crippen LogP contribution < -0.4 is 0 Å². The first-order chi connectivity index (χ1) is 8.40. The molecular weight excluding hydrogens is 208 g/mol. The van der Waals surface area contributed by atoms with Crippen LogP contribution in [0, 0.1) is 0 Å². The fraction of sp³-hybridized carbons (Fsp3) is 0.133. The number of rotatable bonds is 2. The number of para-hydroxylation sites is 3. The number of aryl methyl sites for hydroxylation is 1. The largest absolute Gasteiger partial charge is 0.296 e. The maximum atomic E-state index is 4.67. The average Bonchev–Trinajstić information content (AvgIpc) is 2.78. The number of aromatic nitrogens is 2. The third-order valence-corrected chi connectivity index (χ3v) is 2.96. The second-order valence-electron chi connectivity index (χ2n) is 4.04. The van der Waals surface area contributed by atoms with Gasteiger partial charge in [-0.15, -0.1) is 0 Å². The van der Waals surface area contributed by atoms with Crippen LogP contribution in [0.2, 0.25) is 0 Å². The van der Waals surface area contributed by atoms with Crippen LogP contribution in [0.25, 0.3) is 16.7 Å². The van der Waals surface area contributed by atoms with Gasteiger partial charge in [-0.05, 0) is 24.3 Å². The standard InChI is InChI=1S/C15H14N2/c1-2-15-16-13-10-6-7-11-14(13)17(15)12-8-4-3-5-9-12/h3-11H,2H2,1H3. The van der Waals surface area contributed by atoms with E-state index in [1.165, 1.54) is 11.2 Å². The van der Waals surface area contributed by atoms with Crippen molar-refractivity contribution >= 4 is 11.0 Å². The third kappa shape index (κ3) is 1.62. The first-order valence-corrected chi connectivity index (χ1v) is 5.92. The summed E-state index contributed by atoms with van der Waals surface area (Å²) in [5, 5.41) is 0. The maximum Gasteiger partial charge on any atom is 0.114 e. The summed E-state index contributed by atoms with van der Waals surface area (Å²) < 4.78 is 2.23. The minimum absolute atomic E-state index is 0.934. The molecule has 1 aromatic heterocycles. The molecule has 0 spiro atoms. The molecule has 0 aliphatic rings. The summed E-state index contributed by atoms with van der Waals surface area (Å²) in [6, 6.07) is 18.7. The molecule has 0 unspecified atom stereocenters. The maximum absolute atomic E-state index is 4.67. The Hall–Kier alpha value is -2.09. The highest BCUT2D eigenvalue weighted by atomic mass is 15.1. The Bertz CT molecular complexity index is 638. The van der Waals surface area contributed by atoms with Crippen molar-refractivity contribution in [3.63, 3.8) is 0 Å². The van der Waals surface area contributed by atoms with E-state index >= 15 is 0 Å². The number of imidazole rings is 1. The lowest BCUT2D eigenvalue weighted by Crippen LogP contribution is -1.99. The van der Waals surface area contributed by atoms with Gasteiger partial charge in [-0.1, -0.05) is 37.3 Å². The molecular formula is C15H14N2. The van der Waals surface area contributed by atoms with Crippen molar-refractivity contribution in [3.05, 3.63) is 60.4 Å². The molecule has 0 amide bonds. The number of hydrogen-bond acceptors (Lipinski definition) is 1. The zero-order chi connectivity index (χ0) is 11.7.